The van der Waals surface area contributed by atoms with Gasteiger partial charge in [-0.15, -0.1) is 0 Å². The third kappa shape index (κ3) is 5.90. The van der Waals surface area contributed by atoms with Crippen LogP contribution in [0.4, 0.5) is 5.82 Å². The quantitative estimate of drug-likeness (QED) is 0.763. The summed E-state index contributed by atoms with van der Waals surface area (Å²) in [4.78, 5) is 39.7. The van der Waals surface area contributed by atoms with Crippen molar-refractivity contribution in [2.24, 2.45) is 5.92 Å². The van der Waals surface area contributed by atoms with E-state index in [9.17, 15) is 9.59 Å². The first kappa shape index (κ1) is 22.5. The molecule has 0 aliphatic carbocycles. The van der Waals surface area contributed by atoms with Gasteiger partial charge in [-0.1, -0.05) is 6.92 Å². The van der Waals surface area contributed by atoms with Crippen molar-refractivity contribution in [2.75, 3.05) is 52.1 Å². The summed E-state index contributed by atoms with van der Waals surface area (Å²) >= 11 is 0. The first-order chi connectivity index (χ1) is 14.4. The molecule has 2 aliphatic rings. The number of nitrogens with zero attached hydrogens (tertiary/aromatic N) is 5. The standard InChI is InChI=1S/C22H36N6O2/c1-16-7-10-27(11-8-16)15-22(30)28-9-5-6-18(13-28)19-12-20(23-3)25-21(24-19)14-26(4)17(2)29/h12,16,18H,5-11,13-15H2,1-4H3,(H,23,24,25)/t18-/m0/s1. The molecule has 1 aromatic heterocycles. The number of rotatable bonds is 6. The normalized spacial score (nSPS) is 20.8. The number of hydrogen-bond donors (Lipinski definition) is 1. The SMILES string of the molecule is CNc1cc([C@H]2CCCN(C(=O)CN3CCC(C)CC3)C2)nc(CN(C)C(C)=O)n1. The van der Waals surface area contributed by atoms with Gasteiger partial charge in [0.05, 0.1) is 18.8 Å². The van der Waals surface area contributed by atoms with Gasteiger partial charge >= 0.3 is 0 Å². The molecule has 8 nitrogen and oxygen atoms in total. The number of amides is 2. The molecule has 2 aliphatic heterocycles. The van der Waals surface area contributed by atoms with Crippen molar-refractivity contribution in [3.05, 3.63) is 17.6 Å². The van der Waals surface area contributed by atoms with Crippen LogP contribution in [0.1, 0.15) is 57.0 Å². The molecule has 0 aromatic carbocycles. The van der Waals surface area contributed by atoms with Crippen molar-refractivity contribution in [1.82, 2.24) is 24.7 Å². The molecular weight excluding hydrogens is 380 g/mol. The molecule has 3 rings (SSSR count). The highest BCUT2D eigenvalue weighted by molar-refractivity contribution is 5.78. The summed E-state index contributed by atoms with van der Waals surface area (Å²) in [5.74, 6) is 2.55. The Bertz CT molecular complexity index is 747. The number of hydrogen-bond acceptors (Lipinski definition) is 6. The van der Waals surface area contributed by atoms with Crippen LogP contribution in [0.25, 0.3) is 0 Å². The van der Waals surface area contributed by atoms with E-state index in [0.717, 1.165) is 49.9 Å². The lowest BCUT2D eigenvalue weighted by Crippen LogP contribution is -2.46. The molecule has 166 valence electrons. The van der Waals surface area contributed by atoms with E-state index in [2.05, 4.69) is 22.1 Å². The first-order valence-corrected chi connectivity index (χ1v) is 11.1. The Morgan fingerprint density at radius 1 is 1.20 bits per heavy atom. The Morgan fingerprint density at radius 3 is 2.60 bits per heavy atom. The summed E-state index contributed by atoms with van der Waals surface area (Å²) in [6, 6.07) is 1.97. The summed E-state index contributed by atoms with van der Waals surface area (Å²) in [5, 5.41) is 3.10. The molecule has 0 radical (unpaired) electrons. The Hall–Kier alpha value is -2.22. The van der Waals surface area contributed by atoms with Gasteiger partial charge in [-0.05, 0) is 44.7 Å². The number of anilines is 1. The fourth-order valence-electron chi connectivity index (χ4n) is 4.21. The molecule has 0 saturated carbocycles. The Labute approximate surface area is 180 Å². The van der Waals surface area contributed by atoms with E-state index in [1.54, 1.807) is 11.9 Å². The van der Waals surface area contributed by atoms with Gasteiger partial charge in [-0.2, -0.15) is 0 Å². The van der Waals surface area contributed by atoms with Crippen LogP contribution in [0.2, 0.25) is 0 Å². The number of likely N-dealkylation sites (tertiary alicyclic amines) is 2. The third-order valence-electron chi connectivity index (χ3n) is 6.39. The number of piperidine rings is 2. The molecule has 2 amide bonds. The molecule has 1 N–H and O–H groups in total. The maximum absolute atomic E-state index is 12.9. The van der Waals surface area contributed by atoms with E-state index in [1.165, 1.54) is 19.8 Å². The zero-order valence-electron chi connectivity index (χ0n) is 18.9. The van der Waals surface area contributed by atoms with Crippen LogP contribution in [0.5, 0.6) is 0 Å². The van der Waals surface area contributed by atoms with Crippen molar-refractivity contribution < 1.29 is 9.59 Å². The van der Waals surface area contributed by atoms with Gasteiger partial charge in [-0.3, -0.25) is 14.5 Å². The largest absolute Gasteiger partial charge is 0.373 e. The number of carbonyl (C=O) groups is 2. The molecule has 1 atom stereocenters. The highest BCUT2D eigenvalue weighted by atomic mass is 16.2. The monoisotopic (exact) mass is 416 g/mol. The molecule has 0 unspecified atom stereocenters. The molecule has 8 heteroatoms. The average Bonchev–Trinajstić information content (AvgIpc) is 2.75. The van der Waals surface area contributed by atoms with Gasteiger partial charge in [-0.25, -0.2) is 9.97 Å². The smallest absolute Gasteiger partial charge is 0.236 e. The first-order valence-electron chi connectivity index (χ1n) is 11.1. The van der Waals surface area contributed by atoms with Crippen molar-refractivity contribution >= 4 is 17.6 Å². The second-order valence-electron chi connectivity index (χ2n) is 8.86. The highest BCUT2D eigenvalue weighted by Crippen LogP contribution is 2.27. The zero-order valence-corrected chi connectivity index (χ0v) is 18.9. The maximum atomic E-state index is 12.9. The van der Waals surface area contributed by atoms with Gasteiger partial charge in [0.15, 0.2) is 0 Å². The zero-order chi connectivity index (χ0) is 21.7. The third-order valence-corrected chi connectivity index (χ3v) is 6.39. The summed E-state index contributed by atoms with van der Waals surface area (Å²) in [6.07, 6.45) is 4.35. The van der Waals surface area contributed by atoms with Crippen LogP contribution in [0, 0.1) is 5.92 Å². The molecule has 3 heterocycles. The van der Waals surface area contributed by atoms with Crippen LogP contribution in [0.3, 0.4) is 0 Å². The lowest BCUT2D eigenvalue weighted by molar-refractivity contribution is -0.134. The van der Waals surface area contributed by atoms with E-state index in [1.807, 2.05) is 18.0 Å². The van der Waals surface area contributed by atoms with E-state index >= 15 is 0 Å². The van der Waals surface area contributed by atoms with Crippen molar-refractivity contribution in [3.8, 4) is 0 Å². The van der Waals surface area contributed by atoms with Crippen LogP contribution >= 0.6 is 0 Å². The fraction of sp³-hybridized carbons (Fsp3) is 0.727. The Kier molecular flexibility index (Phi) is 7.64. The second kappa shape index (κ2) is 10.2. The second-order valence-corrected chi connectivity index (χ2v) is 8.86. The van der Waals surface area contributed by atoms with E-state index in [-0.39, 0.29) is 17.7 Å². The molecule has 0 spiro atoms. The van der Waals surface area contributed by atoms with Crippen LogP contribution in [0.15, 0.2) is 6.07 Å². The topological polar surface area (TPSA) is 81.7 Å². The lowest BCUT2D eigenvalue weighted by Gasteiger charge is -2.35. The minimum atomic E-state index is -0.0171. The molecule has 30 heavy (non-hydrogen) atoms. The highest BCUT2D eigenvalue weighted by Gasteiger charge is 2.28. The average molecular weight is 417 g/mol. The molecule has 2 saturated heterocycles. The van der Waals surface area contributed by atoms with Gasteiger partial charge in [0, 0.05) is 46.1 Å². The van der Waals surface area contributed by atoms with E-state index < -0.39 is 0 Å². The molecule has 2 fully saturated rings. The number of nitrogens with one attached hydrogen (secondary N) is 1. The van der Waals surface area contributed by atoms with E-state index in [4.69, 9.17) is 4.98 Å². The van der Waals surface area contributed by atoms with Crippen LogP contribution in [-0.2, 0) is 16.1 Å². The van der Waals surface area contributed by atoms with Gasteiger partial charge in [0.1, 0.15) is 11.6 Å². The molecule has 1 aromatic rings. The van der Waals surface area contributed by atoms with Gasteiger partial charge < -0.3 is 15.1 Å². The van der Waals surface area contributed by atoms with Crippen molar-refractivity contribution in [2.45, 2.75) is 52.0 Å². The number of carbonyl (C=O) groups excluding carboxylic acids is 2. The minimum absolute atomic E-state index is 0.0171. The van der Waals surface area contributed by atoms with Crippen molar-refractivity contribution in [1.29, 1.82) is 0 Å². The van der Waals surface area contributed by atoms with Crippen LogP contribution in [-0.4, -0.2) is 83.3 Å². The number of aromatic nitrogens is 2. The maximum Gasteiger partial charge on any atom is 0.236 e. The van der Waals surface area contributed by atoms with E-state index in [0.29, 0.717) is 25.5 Å². The predicted octanol–water partition coefficient (Wildman–Crippen LogP) is 1.93. The summed E-state index contributed by atoms with van der Waals surface area (Å²) in [6.45, 7) is 8.30. The fourth-order valence-corrected chi connectivity index (χ4v) is 4.21. The minimum Gasteiger partial charge on any atom is -0.373 e. The molecular formula is C22H36N6O2. The molecule has 0 bridgehead atoms. The summed E-state index contributed by atoms with van der Waals surface area (Å²) < 4.78 is 0. The predicted molar refractivity (Wildman–Crippen MR) is 117 cm³/mol. The summed E-state index contributed by atoms with van der Waals surface area (Å²) in [5.41, 5.74) is 0.950. The van der Waals surface area contributed by atoms with Gasteiger partial charge in [0.2, 0.25) is 11.8 Å². The summed E-state index contributed by atoms with van der Waals surface area (Å²) in [7, 11) is 3.58. The Morgan fingerprint density at radius 2 is 1.93 bits per heavy atom. The van der Waals surface area contributed by atoms with Crippen molar-refractivity contribution in [3.63, 3.8) is 0 Å². The van der Waals surface area contributed by atoms with Gasteiger partial charge in [0.25, 0.3) is 0 Å². The van der Waals surface area contributed by atoms with Crippen LogP contribution < -0.4 is 5.32 Å². The Balaban J connectivity index is 1.66. The lowest BCUT2D eigenvalue weighted by atomic mass is 9.94.